The molecule has 0 saturated heterocycles. The molecule has 2 amide bonds. The Morgan fingerprint density at radius 2 is 1.47 bits per heavy atom. The van der Waals surface area contributed by atoms with E-state index < -0.39 is 17.9 Å². The molecule has 17 heavy (non-hydrogen) atoms. The number of benzene rings is 1. The molecule has 7 heteroatoms. The molecule has 0 atom stereocenters. The van der Waals surface area contributed by atoms with Gasteiger partial charge in [0.15, 0.2) is 0 Å². The average Bonchev–Trinajstić information content (AvgIpc) is 2.28. The largest absolute Gasteiger partial charge is 0.464 e. The molecule has 0 unspecified atom stereocenters. The number of anilines is 1. The van der Waals surface area contributed by atoms with Crippen LogP contribution in [0.15, 0.2) is 18.2 Å². The van der Waals surface area contributed by atoms with Gasteiger partial charge in [-0.05, 0) is 12.1 Å². The number of amides is 2. The van der Waals surface area contributed by atoms with Crippen LogP contribution in [-0.4, -0.2) is 22.4 Å². The van der Waals surface area contributed by atoms with E-state index in [1.807, 2.05) is 0 Å². The zero-order chi connectivity index (χ0) is 13.0. The van der Waals surface area contributed by atoms with E-state index >= 15 is 0 Å². The third-order valence-electron chi connectivity index (χ3n) is 1.88. The van der Waals surface area contributed by atoms with Gasteiger partial charge < -0.3 is 10.2 Å². The second kappa shape index (κ2) is 4.64. The molecule has 0 aromatic heterocycles. The molecule has 0 saturated carbocycles. The predicted molar refractivity (Wildman–Crippen MR) is 54.4 cm³/mol. The monoisotopic (exact) mass is 231 g/mol. The summed E-state index contributed by atoms with van der Waals surface area (Å²) in [6.07, 6.45) is -3.56. The lowest BCUT2D eigenvalue weighted by molar-refractivity contribution is 0.184. The van der Waals surface area contributed by atoms with Crippen LogP contribution in [0.25, 0.3) is 0 Å². The smallest absolute Gasteiger partial charge is 0.421 e. The minimum absolute atomic E-state index is 0.0584. The molecule has 2 N–H and O–H groups in total. The number of carbonyl (C=O) groups is 2. The Bertz CT molecular complexity index is 522. The van der Waals surface area contributed by atoms with E-state index in [2.05, 4.69) is 0 Å². The lowest BCUT2D eigenvalue weighted by atomic mass is 10.1. The summed E-state index contributed by atoms with van der Waals surface area (Å²) in [6, 6.07) is 7.11. The summed E-state index contributed by atoms with van der Waals surface area (Å²) in [4.78, 5) is 21.5. The molecular weight excluding hydrogens is 226 g/mol. The summed E-state index contributed by atoms with van der Waals surface area (Å²) in [5.41, 5.74) is -0.847. The lowest BCUT2D eigenvalue weighted by Crippen LogP contribution is -2.35. The number of para-hydroxylation sites is 1. The Hall–Kier alpha value is -3.06. The van der Waals surface area contributed by atoms with Gasteiger partial charge >= 0.3 is 12.2 Å². The maximum Gasteiger partial charge on any atom is 0.421 e. The number of imide groups is 1. The molecule has 1 aromatic carbocycles. The van der Waals surface area contributed by atoms with Crippen LogP contribution in [0.1, 0.15) is 11.1 Å². The van der Waals surface area contributed by atoms with Gasteiger partial charge in [-0.1, -0.05) is 6.07 Å². The highest BCUT2D eigenvalue weighted by atomic mass is 16.4. The molecule has 0 aliphatic carbocycles. The van der Waals surface area contributed by atoms with Crippen molar-refractivity contribution in [2.75, 3.05) is 4.90 Å². The second-order valence-corrected chi connectivity index (χ2v) is 2.83. The van der Waals surface area contributed by atoms with E-state index in [4.69, 9.17) is 20.7 Å². The SMILES string of the molecule is N#Cc1cccc(C#N)c1N(C(=O)O)C(=O)O. The number of hydrogen-bond acceptors (Lipinski definition) is 4. The summed E-state index contributed by atoms with van der Waals surface area (Å²) in [5.74, 6) is 0. The van der Waals surface area contributed by atoms with Gasteiger partial charge in [0.1, 0.15) is 12.1 Å². The van der Waals surface area contributed by atoms with Crippen LogP contribution in [0.4, 0.5) is 15.3 Å². The van der Waals surface area contributed by atoms with Crippen molar-refractivity contribution >= 4 is 17.9 Å². The fourth-order valence-electron chi connectivity index (χ4n) is 1.24. The topological polar surface area (TPSA) is 125 Å². The Balaban J connectivity index is 3.58. The highest BCUT2D eigenvalue weighted by Crippen LogP contribution is 2.25. The summed E-state index contributed by atoms with van der Waals surface area (Å²) in [6.45, 7) is 0. The van der Waals surface area contributed by atoms with Gasteiger partial charge in [0.2, 0.25) is 0 Å². The summed E-state index contributed by atoms with van der Waals surface area (Å²) in [7, 11) is 0. The first-order chi connectivity index (χ1) is 8.02. The Morgan fingerprint density at radius 3 is 1.76 bits per heavy atom. The fourth-order valence-corrected chi connectivity index (χ4v) is 1.24. The maximum atomic E-state index is 10.8. The first-order valence-corrected chi connectivity index (χ1v) is 4.22. The lowest BCUT2D eigenvalue weighted by Gasteiger charge is -2.15. The third-order valence-corrected chi connectivity index (χ3v) is 1.88. The fraction of sp³-hybridized carbons (Fsp3) is 0. The van der Waals surface area contributed by atoms with E-state index in [0.29, 0.717) is 0 Å². The van der Waals surface area contributed by atoms with Crippen molar-refractivity contribution in [1.29, 1.82) is 10.5 Å². The van der Waals surface area contributed by atoms with Gasteiger partial charge in [0, 0.05) is 0 Å². The van der Waals surface area contributed by atoms with Crippen LogP contribution in [-0.2, 0) is 0 Å². The highest BCUT2D eigenvalue weighted by Gasteiger charge is 2.27. The van der Waals surface area contributed by atoms with Gasteiger partial charge in [-0.2, -0.15) is 15.4 Å². The number of rotatable bonds is 1. The third kappa shape index (κ3) is 2.13. The predicted octanol–water partition coefficient (Wildman–Crippen LogP) is 1.59. The second-order valence-electron chi connectivity index (χ2n) is 2.83. The number of nitrogens with zero attached hydrogens (tertiary/aromatic N) is 3. The van der Waals surface area contributed by atoms with E-state index in [9.17, 15) is 9.59 Å². The molecule has 1 rings (SSSR count). The Kier molecular flexibility index (Phi) is 3.28. The summed E-state index contributed by atoms with van der Waals surface area (Å²) in [5, 5.41) is 35.1. The number of nitriles is 2. The van der Waals surface area contributed by atoms with Crippen LogP contribution in [0.2, 0.25) is 0 Å². The van der Waals surface area contributed by atoms with Crippen molar-refractivity contribution < 1.29 is 19.8 Å². The summed E-state index contributed by atoms with van der Waals surface area (Å²) < 4.78 is 0. The average molecular weight is 231 g/mol. The first kappa shape index (κ1) is 12.0. The minimum atomic E-state index is -1.78. The van der Waals surface area contributed by atoms with E-state index in [0.717, 1.165) is 0 Å². The van der Waals surface area contributed by atoms with Gasteiger partial charge in [-0.3, -0.25) is 0 Å². The molecule has 0 heterocycles. The van der Waals surface area contributed by atoms with Crippen molar-refractivity contribution in [2.45, 2.75) is 0 Å². The standard InChI is InChI=1S/C10H5N3O4/c11-4-6-2-1-3-7(5-12)8(6)13(9(14)15)10(16)17/h1-3H,(H,14,15)(H,16,17). The van der Waals surface area contributed by atoms with Gasteiger partial charge in [0.05, 0.1) is 16.8 Å². The quantitative estimate of drug-likeness (QED) is 0.755. The maximum absolute atomic E-state index is 10.8. The molecular formula is C10H5N3O4. The van der Waals surface area contributed by atoms with Crippen LogP contribution in [0.3, 0.4) is 0 Å². The van der Waals surface area contributed by atoms with Crippen molar-refractivity contribution in [3.63, 3.8) is 0 Å². The van der Waals surface area contributed by atoms with E-state index in [-0.39, 0.29) is 16.0 Å². The van der Waals surface area contributed by atoms with Gasteiger partial charge in [0.25, 0.3) is 0 Å². The molecule has 7 nitrogen and oxygen atoms in total. The molecule has 0 spiro atoms. The van der Waals surface area contributed by atoms with E-state index in [1.54, 1.807) is 12.1 Å². The van der Waals surface area contributed by atoms with E-state index in [1.165, 1.54) is 18.2 Å². The zero-order valence-corrected chi connectivity index (χ0v) is 8.28. The van der Waals surface area contributed by atoms with Crippen LogP contribution in [0, 0.1) is 22.7 Å². The normalized spacial score (nSPS) is 8.82. The molecule has 1 aromatic rings. The number of carboxylic acid groups (broad SMARTS) is 2. The molecule has 0 aliphatic rings. The van der Waals surface area contributed by atoms with Crippen LogP contribution < -0.4 is 4.90 Å². The molecule has 0 fully saturated rings. The van der Waals surface area contributed by atoms with Gasteiger partial charge in [-0.25, -0.2) is 9.59 Å². The van der Waals surface area contributed by atoms with Crippen LogP contribution in [0.5, 0.6) is 0 Å². The van der Waals surface area contributed by atoms with Crippen molar-refractivity contribution in [1.82, 2.24) is 0 Å². The summed E-state index contributed by atoms with van der Waals surface area (Å²) >= 11 is 0. The zero-order valence-electron chi connectivity index (χ0n) is 8.28. The molecule has 0 bridgehead atoms. The minimum Gasteiger partial charge on any atom is -0.464 e. The van der Waals surface area contributed by atoms with Gasteiger partial charge in [-0.15, -0.1) is 0 Å². The number of hydrogen-bond donors (Lipinski definition) is 2. The highest BCUT2D eigenvalue weighted by molar-refractivity contribution is 6.09. The molecule has 0 radical (unpaired) electrons. The Labute approximate surface area is 95.3 Å². The van der Waals surface area contributed by atoms with Crippen molar-refractivity contribution in [2.24, 2.45) is 0 Å². The van der Waals surface area contributed by atoms with Crippen molar-refractivity contribution in [3.05, 3.63) is 29.3 Å². The molecule has 0 aliphatic heterocycles. The van der Waals surface area contributed by atoms with Crippen LogP contribution >= 0.6 is 0 Å². The Morgan fingerprint density at radius 1 is 1.06 bits per heavy atom. The van der Waals surface area contributed by atoms with Crippen molar-refractivity contribution in [3.8, 4) is 12.1 Å². The molecule has 84 valence electrons. The first-order valence-electron chi connectivity index (χ1n) is 4.22.